The summed E-state index contributed by atoms with van der Waals surface area (Å²) in [6, 6.07) is 0. The Bertz CT molecular complexity index is 282. The van der Waals surface area contributed by atoms with Crippen LogP contribution < -0.4 is 0 Å². The number of nitro groups is 1. The van der Waals surface area contributed by atoms with E-state index in [0.717, 1.165) is 0 Å². The van der Waals surface area contributed by atoms with Crippen LogP contribution >= 0.6 is 0 Å². The third kappa shape index (κ3) is 1.99. The van der Waals surface area contributed by atoms with Gasteiger partial charge in [0.25, 0.3) is 0 Å². The van der Waals surface area contributed by atoms with Gasteiger partial charge in [-0.3, -0.25) is 0 Å². The van der Waals surface area contributed by atoms with Crippen molar-refractivity contribution >= 4 is 5.82 Å². The van der Waals surface area contributed by atoms with Crippen LogP contribution in [-0.2, 0) is 6.54 Å². The fourth-order valence-corrected chi connectivity index (χ4v) is 0.732. The minimum absolute atomic E-state index is 0.209. The predicted octanol–water partition coefficient (Wildman–Crippen LogP) is -0.433. The average molecular weight is 172 g/mol. The number of rotatable bonds is 3. The number of nitrogens with zero attached hydrogens (tertiary/aromatic N) is 4. The SMILES string of the molecule is CC(O)Cn1cc([N+](=O)[O-])nn1. The lowest BCUT2D eigenvalue weighted by Gasteiger charge is -1.99. The highest BCUT2D eigenvalue weighted by atomic mass is 16.6. The van der Waals surface area contributed by atoms with Crippen LogP contribution in [0.25, 0.3) is 0 Å². The van der Waals surface area contributed by atoms with E-state index in [1.165, 1.54) is 10.9 Å². The maximum Gasteiger partial charge on any atom is 0.410 e. The highest BCUT2D eigenvalue weighted by molar-refractivity contribution is 5.08. The van der Waals surface area contributed by atoms with E-state index in [1.807, 2.05) is 0 Å². The molecule has 0 aliphatic heterocycles. The van der Waals surface area contributed by atoms with E-state index in [2.05, 4.69) is 10.3 Å². The fraction of sp³-hybridized carbons (Fsp3) is 0.600. The summed E-state index contributed by atoms with van der Waals surface area (Å²) in [7, 11) is 0. The molecule has 0 radical (unpaired) electrons. The number of hydrogen-bond acceptors (Lipinski definition) is 5. The Balaban J connectivity index is 2.71. The number of aromatic nitrogens is 3. The molecular formula is C5H8N4O3. The van der Waals surface area contributed by atoms with Crippen molar-refractivity contribution in [3.8, 4) is 0 Å². The van der Waals surface area contributed by atoms with Crippen molar-refractivity contribution in [2.24, 2.45) is 0 Å². The van der Waals surface area contributed by atoms with Crippen LogP contribution in [-0.4, -0.2) is 31.1 Å². The molecule has 0 aliphatic rings. The molecule has 0 spiro atoms. The van der Waals surface area contributed by atoms with E-state index < -0.39 is 11.0 Å². The van der Waals surface area contributed by atoms with Crippen molar-refractivity contribution < 1.29 is 10.0 Å². The lowest BCUT2D eigenvalue weighted by molar-refractivity contribution is -0.389. The van der Waals surface area contributed by atoms with Gasteiger partial charge >= 0.3 is 5.82 Å². The molecule has 1 atom stereocenters. The molecule has 0 bridgehead atoms. The summed E-state index contributed by atoms with van der Waals surface area (Å²) in [6.45, 7) is 1.77. The van der Waals surface area contributed by atoms with Gasteiger partial charge in [0.2, 0.25) is 0 Å². The Kier molecular flexibility index (Phi) is 2.34. The Morgan fingerprint density at radius 3 is 3.00 bits per heavy atom. The van der Waals surface area contributed by atoms with Crippen molar-refractivity contribution in [1.82, 2.24) is 15.0 Å². The molecule has 1 rings (SSSR count). The zero-order valence-electron chi connectivity index (χ0n) is 6.41. The molecular weight excluding hydrogens is 164 g/mol. The second kappa shape index (κ2) is 3.26. The van der Waals surface area contributed by atoms with Gasteiger partial charge in [-0.25, -0.2) is 4.68 Å². The summed E-state index contributed by atoms with van der Waals surface area (Å²) < 4.78 is 1.23. The molecule has 1 aromatic rings. The molecule has 0 aliphatic carbocycles. The van der Waals surface area contributed by atoms with Gasteiger partial charge in [0.1, 0.15) is 11.3 Å². The second-order valence-corrected chi connectivity index (χ2v) is 2.40. The molecule has 1 unspecified atom stereocenters. The van der Waals surface area contributed by atoms with Gasteiger partial charge in [-0.1, -0.05) is 0 Å². The van der Waals surface area contributed by atoms with Gasteiger partial charge in [-0.15, -0.1) is 0 Å². The van der Waals surface area contributed by atoms with E-state index in [9.17, 15) is 10.1 Å². The Morgan fingerprint density at radius 2 is 2.58 bits per heavy atom. The Labute approximate surface area is 67.8 Å². The Morgan fingerprint density at radius 1 is 1.92 bits per heavy atom. The van der Waals surface area contributed by atoms with E-state index >= 15 is 0 Å². The molecule has 0 fully saturated rings. The summed E-state index contributed by atoms with van der Waals surface area (Å²) >= 11 is 0. The van der Waals surface area contributed by atoms with Gasteiger partial charge < -0.3 is 15.2 Å². The minimum Gasteiger partial charge on any atom is -0.391 e. The molecule has 1 aromatic heterocycles. The molecule has 0 aromatic carbocycles. The molecule has 12 heavy (non-hydrogen) atoms. The van der Waals surface area contributed by atoms with E-state index in [1.54, 1.807) is 6.92 Å². The molecule has 7 heteroatoms. The first kappa shape index (κ1) is 8.60. The van der Waals surface area contributed by atoms with Crippen molar-refractivity contribution in [3.63, 3.8) is 0 Å². The number of aliphatic hydroxyl groups is 1. The monoisotopic (exact) mass is 172 g/mol. The molecule has 66 valence electrons. The normalized spacial score (nSPS) is 12.8. The summed E-state index contributed by atoms with van der Waals surface area (Å²) in [5, 5.41) is 25.7. The van der Waals surface area contributed by atoms with Gasteiger partial charge in [-0.2, -0.15) is 0 Å². The highest BCUT2D eigenvalue weighted by Gasteiger charge is 2.12. The largest absolute Gasteiger partial charge is 0.410 e. The zero-order chi connectivity index (χ0) is 9.14. The van der Waals surface area contributed by atoms with Crippen LogP contribution in [0.2, 0.25) is 0 Å². The van der Waals surface area contributed by atoms with Gasteiger partial charge in [0, 0.05) is 0 Å². The van der Waals surface area contributed by atoms with Gasteiger partial charge in [-0.05, 0) is 11.8 Å². The molecule has 0 amide bonds. The van der Waals surface area contributed by atoms with Crippen LogP contribution in [0.1, 0.15) is 6.92 Å². The first-order chi connectivity index (χ1) is 5.59. The van der Waals surface area contributed by atoms with Crippen LogP contribution in [0.4, 0.5) is 5.82 Å². The first-order valence-corrected chi connectivity index (χ1v) is 3.32. The van der Waals surface area contributed by atoms with Crippen LogP contribution in [0.15, 0.2) is 6.20 Å². The van der Waals surface area contributed by atoms with E-state index in [4.69, 9.17) is 5.11 Å². The Hall–Kier alpha value is -1.50. The predicted molar refractivity (Wildman–Crippen MR) is 38.4 cm³/mol. The molecule has 0 saturated heterocycles. The quantitative estimate of drug-likeness (QED) is 0.493. The van der Waals surface area contributed by atoms with Gasteiger partial charge in [0.15, 0.2) is 0 Å². The highest BCUT2D eigenvalue weighted by Crippen LogP contribution is 2.03. The molecule has 7 nitrogen and oxygen atoms in total. The lowest BCUT2D eigenvalue weighted by Crippen LogP contribution is -2.11. The second-order valence-electron chi connectivity index (χ2n) is 2.40. The third-order valence-corrected chi connectivity index (χ3v) is 1.16. The van der Waals surface area contributed by atoms with E-state index in [0.29, 0.717) is 0 Å². The summed E-state index contributed by atoms with van der Waals surface area (Å²) in [5.41, 5.74) is 0. The third-order valence-electron chi connectivity index (χ3n) is 1.16. The number of hydrogen-bond donors (Lipinski definition) is 1. The van der Waals surface area contributed by atoms with Gasteiger partial charge in [0.05, 0.1) is 17.9 Å². The topological polar surface area (TPSA) is 94.1 Å². The molecule has 1 heterocycles. The minimum atomic E-state index is -0.633. The molecule has 0 saturated carbocycles. The van der Waals surface area contributed by atoms with Crippen LogP contribution in [0, 0.1) is 10.1 Å². The summed E-state index contributed by atoms with van der Waals surface area (Å²) in [5.74, 6) is -0.310. The van der Waals surface area contributed by atoms with Crippen LogP contribution in [0.5, 0.6) is 0 Å². The van der Waals surface area contributed by atoms with Crippen molar-refractivity contribution in [1.29, 1.82) is 0 Å². The molecule has 1 N–H and O–H groups in total. The number of aliphatic hydroxyl groups excluding tert-OH is 1. The first-order valence-electron chi connectivity index (χ1n) is 3.32. The average Bonchev–Trinajstić information content (AvgIpc) is 2.34. The lowest BCUT2D eigenvalue weighted by atomic mass is 10.4. The maximum atomic E-state index is 10.1. The van der Waals surface area contributed by atoms with Crippen molar-refractivity contribution in [3.05, 3.63) is 16.3 Å². The zero-order valence-corrected chi connectivity index (χ0v) is 6.41. The van der Waals surface area contributed by atoms with Crippen molar-refractivity contribution in [2.45, 2.75) is 19.6 Å². The van der Waals surface area contributed by atoms with Crippen molar-refractivity contribution in [2.75, 3.05) is 0 Å². The standard InChI is InChI=1S/C5H8N4O3/c1-4(10)2-8-3-5(6-7-8)9(11)12/h3-4,10H,2H2,1H3. The summed E-state index contributed by atoms with van der Waals surface area (Å²) in [6.07, 6.45) is 0.582. The van der Waals surface area contributed by atoms with E-state index in [-0.39, 0.29) is 12.4 Å². The summed E-state index contributed by atoms with van der Waals surface area (Å²) in [4.78, 5) is 9.49. The maximum absolute atomic E-state index is 10.1. The van der Waals surface area contributed by atoms with Crippen LogP contribution in [0.3, 0.4) is 0 Å². The smallest absolute Gasteiger partial charge is 0.391 e. The fourth-order valence-electron chi connectivity index (χ4n) is 0.732.